The molecule has 0 spiro atoms. The summed E-state index contributed by atoms with van der Waals surface area (Å²) in [6.07, 6.45) is 3.63. The predicted octanol–water partition coefficient (Wildman–Crippen LogP) is -0.539. The van der Waals surface area contributed by atoms with Crippen LogP contribution in [0.5, 0.6) is 0 Å². The van der Waals surface area contributed by atoms with Crippen LogP contribution < -0.4 is 11.1 Å². The van der Waals surface area contributed by atoms with Crippen molar-refractivity contribution in [2.75, 3.05) is 13.6 Å². The van der Waals surface area contributed by atoms with Crippen LogP contribution in [0.25, 0.3) is 0 Å². The summed E-state index contributed by atoms with van der Waals surface area (Å²) in [6, 6.07) is -0.0205. The summed E-state index contributed by atoms with van der Waals surface area (Å²) in [4.78, 5) is 24.3. The minimum atomic E-state index is -0.324. The van der Waals surface area contributed by atoms with Crippen LogP contribution in [-0.2, 0) is 9.59 Å². The van der Waals surface area contributed by atoms with E-state index in [-0.39, 0.29) is 17.9 Å². The molecule has 1 saturated carbocycles. The number of nitrogens with two attached hydrogens (primary N) is 1. The molecule has 0 bridgehead atoms. The molecule has 2 fully saturated rings. The van der Waals surface area contributed by atoms with Gasteiger partial charge >= 0.3 is 0 Å². The molecule has 5 nitrogen and oxygen atoms in total. The van der Waals surface area contributed by atoms with E-state index in [0.717, 1.165) is 19.3 Å². The number of nitrogens with zero attached hydrogens (tertiary/aromatic N) is 1. The van der Waals surface area contributed by atoms with Gasteiger partial charge in [0.25, 0.3) is 0 Å². The van der Waals surface area contributed by atoms with Gasteiger partial charge in [0.15, 0.2) is 0 Å². The lowest BCUT2D eigenvalue weighted by molar-refractivity contribution is -0.137. The first kappa shape index (κ1) is 11.5. The number of imide groups is 1. The Bertz CT molecular complexity index is 306. The third-order valence-electron chi connectivity index (χ3n) is 3.76. The third-order valence-corrected chi connectivity index (χ3v) is 3.76. The minimum Gasteiger partial charge on any atom is -0.330 e. The van der Waals surface area contributed by atoms with Crippen molar-refractivity contribution in [1.29, 1.82) is 0 Å². The molecule has 1 aliphatic carbocycles. The Labute approximate surface area is 95.3 Å². The second kappa shape index (κ2) is 4.51. The molecule has 90 valence electrons. The van der Waals surface area contributed by atoms with Crippen molar-refractivity contribution in [3.63, 3.8) is 0 Å². The lowest BCUT2D eigenvalue weighted by atomic mass is 10.0. The maximum atomic E-state index is 11.7. The molecule has 1 aliphatic heterocycles. The molecule has 0 aromatic carbocycles. The fourth-order valence-electron chi connectivity index (χ4n) is 2.68. The Morgan fingerprint density at radius 3 is 2.75 bits per heavy atom. The highest BCUT2D eigenvalue weighted by atomic mass is 16.2. The number of likely N-dealkylation sites (N-methyl/N-ethyl adjacent to an activating group) is 1. The Morgan fingerprint density at radius 1 is 1.44 bits per heavy atom. The number of amides is 2. The number of carbonyl (C=O) groups excluding carboxylic acids is 2. The second-order valence-electron chi connectivity index (χ2n) is 4.75. The van der Waals surface area contributed by atoms with Crippen molar-refractivity contribution in [3.8, 4) is 0 Å². The van der Waals surface area contributed by atoms with E-state index in [2.05, 4.69) is 5.32 Å². The summed E-state index contributed by atoms with van der Waals surface area (Å²) in [5.74, 6) is 0.256. The molecule has 3 atom stereocenters. The van der Waals surface area contributed by atoms with Gasteiger partial charge < -0.3 is 11.1 Å². The van der Waals surface area contributed by atoms with Crippen molar-refractivity contribution in [2.24, 2.45) is 11.7 Å². The highest BCUT2D eigenvalue weighted by Gasteiger charge is 2.38. The third kappa shape index (κ3) is 1.97. The van der Waals surface area contributed by atoms with Gasteiger partial charge in [-0.2, -0.15) is 0 Å². The molecule has 3 N–H and O–H groups in total. The highest BCUT2D eigenvalue weighted by molar-refractivity contribution is 6.05. The van der Waals surface area contributed by atoms with Crippen LogP contribution in [-0.4, -0.2) is 42.4 Å². The van der Waals surface area contributed by atoms with E-state index in [4.69, 9.17) is 5.73 Å². The molecular formula is C11H19N3O2. The van der Waals surface area contributed by atoms with E-state index >= 15 is 0 Å². The molecule has 3 unspecified atom stereocenters. The smallest absolute Gasteiger partial charge is 0.246 e. The van der Waals surface area contributed by atoms with Gasteiger partial charge in [0.1, 0.15) is 0 Å². The zero-order valence-electron chi connectivity index (χ0n) is 9.61. The Balaban J connectivity index is 1.95. The van der Waals surface area contributed by atoms with Gasteiger partial charge in [-0.1, -0.05) is 6.42 Å². The molecule has 16 heavy (non-hydrogen) atoms. The number of hydrogen-bond acceptors (Lipinski definition) is 4. The summed E-state index contributed by atoms with van der Waals surface area (Å²) in [6.45, 7) is 0.655. The van der Waals surface area contributed by atoms with E-state index in [9.17, 15) is 9.59 Å². The fraction of sp³-hybridized carbons (Fsp3) is 0.818. The zero-order chi connectivity index (χ0) is 11.7. The first-order valence-electron chi connectivity index (χ1n) is 5.90. The van der Waals surface area contributed by atoms with E-state index in [1.807, 2.05) is 0 Å². The molecule has 2 rings (SSSR count). The average molecular weight is 225 g/mol. The maximum Gasteiger partial charge on any atom is 0.246 e. The van der Waals surface area contributed by atoms with Crippen LogP contribution in [0, 0.1) is 5.92 Å². The van der Waals surface area contributed by atoms with Crippen molar-refractivity contribution >= 4 is 11.8 Å². The average Bonchev–Trinajstić information content (AvgIpc) is 2.81. The normalized spacial score (nSPS) is 35.1. The van der Waals surface area contributed by atoms with E-state index in [0.29, 0.717) is 24.9 Å². The first-order valence-corrected chi connectivity index (χ1v) is 5.90. The topological polar surface area (TPSA) is 75.4 Å². The molecule has 0 aromatic rings. The number of likely N-dealkylation sites (tertiary alicyclic amines) is 1. The van der Waals surface area contributed by atoms with Gasteiger partial charge in [-0.25, -0.2) is 0 Å². The summed E-state index contributed by atoms with van der Waals surface area (Å²) in [5.41, 5.74) is 5.69. The summed E-state index contributed by atoms with van der Waals surface area (Å²) in [5, 5.41) is 3.30. The largest absolute Gasteiger partial charge is 0.330 e. The van der Waals surface area contributed by atoms with Crippen LogP contribution in [0.15, 0.2) is 0 Å². The lowest BCUT2D eigenvalue weighted by Gasteiger charge is -2.22. The van der Waals surface area contributed by atoms with Crippen LogP contribution >= 0.6 is 0 Å². The second-order valence-corrected chi connectivity index (χ2v) is 4.75. The quantitative estimate of drug-likeness (QED) is 0.633. The summed E-state index contributed by atoms with van der Waals surface area (Å²) >= 11 is 0. The Morgan fingerprint density at radius 2 is 2.19 bits per heavy atom. The summed E-state index contributed by atoms with van der Waals surface area (Å²) < 4.78 is 0. The molecule has 0 radical (unpaired) electrons. The zero-order valence-corrected chi connectivity index (χ0v) is 9.61. The minimum absolute atomic E-state index is 0.0928. The van der Waals surface area contributed by atoms with E-state index in [1.165, 1.54) is 4.90 Å². The molecule has 0 aromatic heterocycles. The van der Waals surface area contributed by atoms with Crippen molar-refractivity contribution in [2.45, 2.75) is 37.8 Å². The fourth-order valence-corrected chi connectivity index (χ4v) is 2.68. The van der Waals surface area contributed by atoms with Crippen LogP contribution in [0.3, 0.4) is 0 Å². The molecule has 1 heterocycles. The molecule has 2 amide bonds. The van der Waals surface area contributed by atoms with Crippen molar-refractivity contribution < 1.29 is 9.59 Å². The monoisotopic (exact) mass is 225 g/mol. The SMILES string of the molecule is CN1C(=O)CC(NC2CCCC2CN)C1=O. The van der Waals surface area contributed by atoms with Crippen LogP contribution in [0.1, 0.15) is 25.7 Å². The van der Waals surface area contributed by atoms with Crippen LogP contribution in [0.4, 0.5) is 0 Å². The van der Waals surface area contributed by atoms with Gasteiger partial charge in [0.2, 0.25) is 11.8 Å². The van der Waals surface area contributed by atoms with Gasteiger partial charge in [-0.05, 0) is 25.3 Å². The van der Waals surface area contributed by atoms with E-state index in [1.54, 1.807) is 7.05 Å². The summed E-state index contributed by atoms with van der Waals surface area (Å²) in [7, 11) is 1.54. The molecular weight excluding hydrogens is 206 g/mol. The standard InChI is InChI=1S/C11H19N3O2/c1-14-10(15)5-9(11(14)16)13-8-4-2-3-7(8)6-12/h7-9,13H,2-6,12H2,1H3. The first-order chi connectivity index (χ1) is 7.63. The number of hydrogen-bond donors (Lipinski definition) is 2. The molecule has 1 saturated heterocycles. The number of nitrogens with one attached hydrogen (secondary N) is 1. The van der Waals surface area contributed by atoms with Crippen LogP contribution in [0.2, 0.25) is 0 Å². The number of carbonyl (C=O) groups is 2. The van der Waals surface area contributed by atoms with Gasteiger partial charge in [0, 0.05) is 13.1 Å². The van der Waals surface area contributed by atoms with Gasteiger partial charge in [0.05, 0.1) is 12.5 Å². The van der Waals surface area contributed by atoms with Crippen molar-refractivity contribution in [1.82, 2.24) is 10.2 Å². The van der Waals surface area contributed by atoms with Gasteiger partial charge in [-0.15, -0.1) is 0 Å². The highest BCUT2D eigenvalue weighted by Crippen LogP contribution is 2.26. The Hall–Kier alpha value is -0.940. The Kier molecular flexibility index (Phi) is 3.25. The molecule has 5 heteroatoms. The van der Waals surface area contributed by atoms with E-state index < -0.39 is 0 Å². The predicted molar refractivity (Wildman–Crippen MR) is 59.5 cm³/mol. The lowest BCUT2D eigenvalue weighted by Crippen LogP contribution is -2.45. The number of rotatable bonds is 3. The van der Waals surface area contributed by atoms with Gasteiger partial charge in [-0.3, -0.25) is 14.5 Å². The van der Waals surface area contributed by atoms with Crippen molar-refractivity contribution in [3.05, 3.63) is 0 Å². The molecule has 2 aliphatic rings. The maximum absolute atomic E-state index is 11.7.